The second-order valence-corrected chi connectivity index (χ2v) is 10.9. The van der Waals surface area contributed by atoms with Gasteiger partial charge in [-0.15, -0.1) is 0 Å². The molecule has 0 atom stereocenters. The van der Waals surface area contributed by atoms with Gasteiger partial charge in [-0.05, 0) is 95.2 Å². The first-order valence-electron chi connectivity index (χ1n) is 14.1. The molecule has 4 bridgehead atoms. The first-order chi connectivity index (χ1) is 19.1. The lowest BCUT2D eigenvalue weighted by Crippen LogP contribution is -2.33. The maximum Gasteiger partial charge on any atom is 0.144 e. The second-order valence-electron chi connectivity index (χ2n) is 10.9. The molecule has 5 aromatic carbocycles. The largest absolute Gasteiger partial charge is 0.356 e. The summed E-state index contributed by atoms with van der Waals surface area (Å²) in [6.07, 6.45) is 4.15. The topological polar surface area (TPSA) is 9.23 Å². The van der Waals surface area contributed by atoms with Crippen LogP contribution in [0.2, 0.25) is 0 Å². The molecule has 0 fully saturated rings. The summed E-state index contributed by atoms with van der Waals surface area (Å²) in [6.45, 7) is 5.07. The van der Waals surface area contributed by atoms with E-state index in [-0.39, 0.29) is 0 Å². The van der Waals surface area contributed by atoms with Crippen molar-refractivity contribution < 1.29 is 4.74 Å². The highest BCUT2D eigenvalue weighted by Crippen LogP contribution is 2.41. The second kappa shape index (κ2) is 11.0. The highest BCUT2D eigenvalue weighted by atomic mass is 16.5. The zero-order chi connectivity index (χ0) is 26.7. The molecule has 0 spiro atoms. The van der Waals surface area contributed by atoms with E-state index in [4.69, 9.17) is 4.74 Å². The van der Waals surface area contributed by atoms with Crippen LogP contribution in [-0.4, -0.2) is 0 Å². The molecule has 0 aromatic heterocycles. The van der Waals surface area contributed by atoms with Crippen LogP contribution in [0.4, 0.5) is 0 Å². The summed E-state index contributed by atoms with van der Waals surface area (Å²) in [5, 5.41) is 0. The maximum absolute atomic E-state index is 7.25. The molecule has 0 heterocycles. The lowest BCUT2D eigenvalue weighted by Gasteiger charge is -2.36. The molecular weight excluding hydrogens is 472 g/mol. The molecule has 0 unspecified atom stereocenters. The summed E-state index contributed by atoms with van der Waals surface area (Å²) in [6, 6.07) is 44.0. The van der Waals surface area contributed by atoms with Gasteiger partial charge in [0.25, 0.3) is 0 Å². The van der Waals surface area contributed by atoms with Crippen molar-refractivity contribution in [3.8, 4) is 0 Å². The minimum Gasteiger partial charge on any atom is -0.356 e. The Balaban J connectivity index is 1.45. The highest BCUT2D eigenvalue weighted by molar-refractivity contribution is 5.48. The SMILES string of the molecule is Cc1cc2c(COC(c3ccccc3)(c3ccccc3)c3ccccc3)cc1CCc1ccc(c(C)c1)CC2. The van der Waals surface area contributed by atoms with E-state index in [1.807, 2.05) is 0 Å². The molecule has 0 saturated heterocycles. The predicted octanol–water partition coefficient (Wildman–Crippen LogP) is 8.70. The fraction of sp³-hybridized carbons (Fsp3) is 0.211. The molecule has 39 heavy (non-hydrogen) atoms. The van der Waals surface area contributed by atoms with E-state index in [9.17, 15) is 0 Å². The molecule has 1 heteroatoms. The van der Waals surface area contributed by atoms with Crippen LogP contribution in [0.25, 0.3) is 0 Å². The van der Waals surface area contributed by atoms with E-state index in [0.29, 0.717) is 6.61 Å². The Morgan fingerprint density at radius 3 is 1.59 bits per heavy atom. The van der Waals surface area contributed by atoms with Crippen LogP contribution < -0.4 is 0 Å². The minimum absolute atomic E-state index is 0.540. The summed E-state index contributed by atoms with van der Waals surface area (Å²) < 4.78 is 7.25. The van der Waals surface area contributed by atoms with Crippen LogP contribution >= 0.6 is 0 Å². The molecule has 0 N–H and O–H groups in total. The average Bonchev–Trinajstić information content (AvgIpc) is 2.98. The summed E-state index contributed by atoms with van der Waals surface area (Å²) in [5.74, 6) is 0. The van der Waals surface area contributed by atoms with Gasteiger partial charge in [0.15, 0.2) is 0 Å². The standard InChI is InChI=1S/C38H36O/c1-28-24-30-18-20-31(28)22-23-33-25-29(2)32(21-19-30)26-34(33)27-39-38(35-12-6-3-7-13-35,36-14-8-4-9-15-36)37-16-10-5-11-17-37/h3-18,20,24-26H,19,21-23,27H2,1-2H3. The highest BCUT2D eigenvalue weighted by Gasteiger charge is 2.37. The number of hydrogen-bond donors (Lipinski definition) is 0. The Morgan fingerprint density at radius 2 is 1.03 bits per heavy atom. The Kier molecular flexibility index (Phi) is 7.18. The molecule has 5 aromatic rings. The van der Waals surface area contributed by atoms with Crippen LogP contribution in [-0.2, 0) is 42.6 Å². The third-order valence-corrected chi connectivity index (χ3v) is 8.40. The maximum atomic E-state index is 7.25. The van der Waals surface area contributed by atoms with E-state index in [1.54, 1.807) is 0 Å². The van der Waals surface area contributed by atoms with E-state index in [2.05, 4.69) is 135 Å². The third-order valence-electron chi connectivity index (χ3n) is 8.40. The molecule has 0 aliphatic heterocycles. The van der Waals surface area contributed by atoms with E-state index >= 15 is 0 Å². The molecular formula is C38H36O. The summed E-state index contributed by atoms with van der Waals surface area (Å²) in [5.41, 5.74) is 12.5. The van der Waals surface area contributed by atoms with Crippen molar-refractivity contribution in [1.82, 2.24) is 0 Å². The van der Waals surface area contributed by atoms with Gasteiger partial charge in [0, 0.05) is 0 Å². The van der Waals surface area contributed by atoms with Gasteiger partial charge in [-0.25, -0.2) is 0 Å². The molecule has 194 valence electrons. The van der Waals surface area contributed by atoms with Crippen LogP contribution in [0.1, 0.15) is 55.6 Å². The molecule has 1 nitrogen and oxygen atoms in total. The average molecular weight is 509 g/mol. The van der Waals surface area contributed by atoms with Gasteiger partial charge >= 0.3 is 0 Å². The van der Waals surface area contributed by atoms with Gasteiger partial charge in [0.2, 0.25) is 0 Å². The summed E-state index contributed by atoms with van der Waals surface area (Å²) in [4.78, 5) is 0. The molecule has 9 rings (SSSR count). The molecule has 0 amide bonds. The number of benzene rings is 5. The van der Waals surface area contributed by atoms with Crippen molar-refractivity contribution in [1.29, 1.82) is 0 Å². The van der Waals surface area contributed by atoms with Gasteiger partial charge < -0.3 is 4.74 Å². The Bertz CT molecular complexity index is 1450. The fourth-order valence-electron chi connectivity index (χ4n) is 6.20. The van der Waals surface area contributed by atoms with Crippen molar-refractivity contribution in [3.63, 3.8) is 0 Å². The van der Waals surface area contributed by atoms with Crippen LogP contribution in [0.5, 0.6) is 0 Å². The van der Waals surface area contributed by atoms with Gasteiger partial charge in [-0.2, -0.15) is 0 Å². The summed E-state index contributed by atoms with van der Waals surface area (Å²) >= 11 is 0. The smallest absolute Gasteiger partial charge is 0.144 e. The van der Waals surface area contributed by atoms with Gasteiger partial charge in [0.05, 0.1) is 6.61 Å². The Labute approximate surface area is 233 Å². The quantitative estimate of drug-likeness (QED) is 0.208. The van der Waals surface area contributed by atoms with Crippen molar-refractivity contribution in [2.45, 2.75) is 51.7 Å². The molecule has 0 saturated carbocycles. The predicted molar refractivity (Wildman–Crippen MR) is 161 cm³/mol. The molecule has 4 aliphatic rings. The normalized spacial score (nSPS) is 13.2. The number of aryl methyl sites for hydroxylation is 6. The van der Waals surface area contributed by atoms with Crippen LogP contribution in [0, 0.1) is 13.8 Å². The fourth-order valence-corrected chi connectivity index (χ4v) is 6.20. The van der Waals surface area contributed by atoms with Gasteiger partial charge in [0.1, 0.15) is 5.60 Å². The first kappa shape index (κ1) is 25.3. The number of hydrogen-bond acceptors (Lipinski definition) is 1. The van der Waals surface area contributed by atoms with E-state index < -0.39 is 5.60 Å². The Morgan fingerprint density at radius 1 is 0.513 bits per heavy atom. The van der Waals surface area contributed by atoms with Crippen molar-refractivity contribution in [3.05, 3.63) is 177 Å². The van der Waals surface area contributed by atoms with Crippen molar-refractivity contribution >= 4 is 0 Å². The Hall–Kier alpha value is -3.94. The lowest BCUT2D eigenvalue weighted by molar-refractivity contribution is -0.000110. The van der Waals surface area contributed by atoms with Gasteiger partial charge in [-0.1, -0.05) is 121 Å². The monoisotopic (exact) mass is 508 g/mol. The van der Waals surface area contributed by atoms with Gasteiger partial charge in [-0.3, -0.25) is 0 Å². The third kappa shape index (κ3) is 5.07. The zero-order valence-corrected chi connectivity index (χ0v) is 23.0. The first-order valence-corrected chi connectivity index (χ1v) is 14.1. The zero-order valence-electron chi connectivity index (χ0n) is 23.0. The van der Waals surface area contributed by atoms with Crippen molar-refractivity contribution in [2.24, 2.45) is 0 Å². The number of ether oxygens (including phenoxy) is 1. The van der Waals surface area contributed by atoms with E-state index in [0.717, 1.165) is 42.4 Å². The molecule has 0 radical (unpaired) electrons. The van der Waals surface area contributed by atoms with Crippen LogP contribution in [0.3, 0.4) is 0 Å². The van der Waals surface area contributed by atoms with E-state index in [1.165, 1.54) is 38.9 Å². The minimum atomic E-state index is -0.719. The van der Waals surface area contributed by atoms with Crippen molar-refractivity contribution in [2.75, 3.05) is 0 Å². The molecule has 4 aliphatic carbocycles. The van der Waals surface area contributed by atoms with Crippen LogP contribution in [0.15, 0.2) is 121 Å². The number of rotatable bonds is 6. The summed E-state index contributed by atoms with van der Waals surface area (Å²) in [7, 11) is 0. The lowest BCUT2D eigenvalue weighted by atomic mass is 9.80.